The average Bonchev–Trinajstić information content (AvgIpc) is 2.64. The van der Waals surface area contributed by atoms with Crippen molar-refractivity contribution in [1.82, 2.24) is 4.90 Å². The summed E-state index contributed by atoms with van der Waals surface area (Å²) in [5.74, 6) is -0.955. The summed E-state index contributed by atoms with van der Waals surface area (Å²) >= 11 is 0. The molecule has 23 heavy (non-hydrogen) atoms. The molecule has 1 aliphatic heterocycles. The van der Waals surface area contributed by atoms with Crippen LogP contribution in [0.5, 0.6) is 0 Å². The maximum absolute atomic E-state index is 12.9. The van der Waals surface area contributed by atoms with Crippen molar-refractivity contribution in [2.24, 2.45) is 5.92 Å². The molecule has 0 spiro atoms. The lowest BCUT2D eigenvalue weighted by Crippen LogP contribution is -2.44. The highest BCUT2D eigenvalue weighted by atomic mass is 16.2. The Labute approximate surface area is 137 Å². The molecule has 1 aromatic rings. The summed E-state index contributed by atoms with van der Waals surface area (Å²) in [6.07, 6.45) is 3.42. The molecule has 0 aromatic heterocycles. The van der Waals surface area contributed by atoms with Crippen LogP contribution in [0, 0.1) is 5.92 Å². The maximum Gasteiger partial charge on any atom is 0.256 e. The van der Waals surface area contributed by atoms with Crippen molar-refractivity contribution in [2.75, 3.05) is 18.5 Å². The number of hydrogen-bond acceptors (Lipinski definition) is 3. The van der Waals surface area contributed by atoms with Gasteiger partial charge in [-0.1, -0.05) is 38.8 Å². The zero-order valence-corrected chi connectivity index (χ0v) is 14.0. The van der Waals surface area contributed by atoms with Gasteiger partial charge in [-0.2, -0.15) is 0 Å². The van der Waals surface area contributed by atoms with Gasteiger partial charge in [-0.15, -0.1) is 0 Å². The number of nitrogens with zero attached hydrogens (tertiary/aromatic N) is 2. The van der Waals surface area contributed by atoms with Crippen molar-refractivity contribution < 1.29 is 14.4 Å². The van der Waals surface area contributed by atoms with Crippen molar-refractivity contribution in [2.45, 2.75) is 39.5 Å². The van der Waals surface area contributed by atoms with Crippen LogP contribution >= 0.6 is 0 Å². The number of fused-ring (bicyclic) bond motifs is 1. The van der Waals surface area contributed by atoms with Gasteiger partial charge in [-0.05, 0) is 25.0 Å². The Morgan fingerprint density at radius 3 is 2.57 bits per heavy atom. The Balaban J connectivity index is 2.43. The molecule has 0 unspecified atom stereocenters. The third-order valence-electron chi connectivity index (χ3n) is 4.31. The minimum atomic E-state index is -0.342. The predicted octanol–water partition coefficient (Wildman–Crippen LogP) is 2.85. The van der Waals surface area contributed by atoms with Gasteiger partial charge in [0, 0.05) is 13.0 Å². The van der Waals surface area contributed by atoms with Gasteiger partial charge in [0.05, 0.1) is 11.3 Å². The Morgan fingerprint density at radius 1 is 1.22 bits per heavy atom. The van der Waals surface area contributed by atoms with E-state index in [0.717, 1.165) is 19.3 Å². The number of hydrogen-bond donors (Lipinski definition) is 0. The summed E-state index contributed by atoms with van der Waals surface area (Å²) in [5, 5.41) is 0. The molecule has 5 heteroatoms. The zero-order chi connectivity index (χ0) is 17.0. The van der Waals surface area contributed by atoms with Crippen LogP contribution in [-0.2, 0) is 9.59 Å². The van der Waals surface area contributed by atoms with Crippen molar-refractivity contribution in [3.05, 3.63) is 29.8 Å². The number of anilines is 1. The molecule has 1 aliphatic rings. The number of imide groups is 1. The van der Waals surface area contributed by atoms with E-state index in [1.54, 1.807) is 31.3 Å². The molecule has 124 valence electrons. The Hall–Kier alpha value is -2.17. The standard InChI is InChI=1S/C18H24N2O3/c1-4-6-9-13(5-2)17(22)20-15-11-8-7-10-14(15)18(23)19(3)12-16(20)21/h7-8,10-11,13H,4-6,9,12H2,1-3H3/t13-/m1/s1. The van der Waals surface area contributed by atoms with Gasteiger partial charge in [0.25, 0.3) is 11.8 Å². The third kappa shape index (κ3) is 3.44. The van der Waals surface area contributed by atoms with Gasteiger partial charge in [-0.3, -0.25) is 14.4 Å². The van der Waals surface area contributed by atoms with E-state index in [0.29, 0.717) is 17.7 Å². The summed E-state index contributed by atoms with van der Waals surface area (Å²) < 4.78 is 0. The second kappa shape index (κ2) is 7.40. The van der Waals surface area contributed by atoms with Crippen LogP contribution in [0.3, 0.4) is 0 Å². The van der Waals surface area contributed by atoms with Gasteiger partial charge >= 0.3 is 0 Å². The van der Waals surface area contributed by atoms with E-state index < -0.39 is 0 Å². The molecular formula is C18H24N2O3. The van der Waals surface area contributed by atoms with Crippen molar-refractivity contribution >= 4 is 23.4 Å². The highest BCUT2D eigenvalue weighted by Crippen LogP contribution is 2.28. The Bertz CT molecular complexity index is 612. The van der Waals surface area contributed by atoms with Crippen LogP contribution in [0.15, 0.2) is 24.3 Å². The van der Waals surface area contributed by atoms with E-state index in [9.17, 15) is 14.4 Å². The van der Waals surface area contributed by atoms with Gasteiger partial charge in [0.15, 0.2) is 0 Å². The first-order valence-corrected chi connectivity index (χ1v) is 8.22. The van der Waals surface area contributed by atoms with E-state index in [1.165, 1.54) is 9.80 Å². The molecule has 1 aromatic carbocycles. The molecule has 0 bridgehead atoms. The van der Waals surface area contributed by atoms with Gasteiger partial charge in [0.1, 0.15) is 6.54 Å². The Morgan fingerprint density at radius 2 is 1.91 bits per heavy atom. The summed E-state index contributed by atoms with van der Waals surface area (Å²) in [7, 11) is 1.58. The number of likely N-dealkylation sites (N-methyl/N-ethyl adjacent to an activating group) is 1. The molecule has 0 N–H and O–H groups in total. The molecule has 3 amide bonds. The third-order valence-corrected chi connectivity index (χ3v) is 4.31. The molecule has 0 aliphatic carbocycles. The summed E-state index contributed by atoms with van der Waals surface area (Å²) in [6, 6.07) is 6.84. The van der Waals surface area contributed by atoms with Crippen LogP contribution in [-0.4, -0.2) is 36.2 Å². The van der Waals surface area contributed by atoms with Crippen LogP contribution in [0.25, 0.3) is 0 Å². The fraction of sp³-hybridized carbons (Fsp3) is 0.500. The molecule has 5 nitrogen and oxygen atoms in total. The van der Waals surface area contributed by atoms with Gasteiger partial charge in [-0.25, -0.2) is 4.90 Å². The molecule has 0 fully saturated rings. The average molecular weight is 316 g/mol. The van der Waals surface area contributed by atoms with E-state index in [4.69, 9.17) is 0 Å². The van der Waals surface area contributed by atoms with Crippen LogP contribution < -0.4 is 4.90 Å². The van der Waals surface area contributed by atoms with Crippen LogP contribution in [0.2, 0.25) is 0 Å². The second-order valence-corrected chi connectivity index (χ2v) is 5.99. The SMILES string of the molecule is CCCC[C@@H](CC)C(=O)N1C(=O)CN(C)C(=O)c2ccccc21. The van der Waals surface area contributed by atoms with Gasteiger partial charge < -0.3 is 4.90 Å². The first-order valence-electron chi connectivity index (χ1n) is 8.22. The number of amides is 3. The normalized spacial score (nSPS) is 16.1. The van der Waals surface area contributed by atoms with Crippen molar-refractivity contribution in [3.8, 4) is 0 Å². The quantitative estimate of drug-likeness (QED) is 0.839. The van der Waals surface area contributed by atoms with E-state index >= 15 is 0 Å². The largest absolute Gasteiger partial charge is 0.332 e. The van der Waals surface area contributed by atoms with Crippen molar-refractivity contribution in [3.63, 3.8) is 0 Å². The number of carbonyl (C=O) groups excluding carboxylic acids is 3. The fourth-order valence-corrected chi connectivity index (χ4v) is 2.91. The smallest absolute Gasteiger partial charge is 0.256 e. The Kier molecular flexibility index (Phi) is 5.53. The summed E-state index contributed by atoms with van der Waals surface area (Å²) in [6.45, 7) is 3.96. The predicted molar refractivity (Wildman–Crippen MR) is 89.2 cm³/mol. The maximum atomic E-state index is 12.9. The molecule has 0 saturated carbocycles. The first kappa shape index (κ1) is 17.2. The lowest BCUT2D eigenvalue weighted by Gasteiger charge is -2.25. The summed E-state index contributed by atoms with van der Waals surface area (Å²) in [5.41, 5.74) is 0.811. The van der Waals surface area contributed by atoms with Crippen LogP contribution in [0.4, 0.5) is 5.69 Å². The number of carbonyl (C=O) groups is 3. The lowest BCUT2D eigenvalue weighted by atomic mass is 9.97. The molecular weight excluding hydrogens is 292 g/mol. The fourth-order valence-electron chi connectivity index (χ4n) is 2.91. The number of rotatable bonds is 5. The van der Waals surface area contributed by atoms with E-state index in [1.807, 2.05) is 6.92 Å². The minimum absolute atomic E-state index is 0.0799. The lowest BCUT2D eigenvalue weighted by molar-refractivity contribution is -0.129. The molecule has 0 radical (unpaired) electrons. The molecule has 0 saturated heterocycles. The monoisotopic (exact) mass is 316 g/mol. The highest BCUT2D eigenvalue weighted by molar-refractivity contribution is 6.21. The van der Waals surface area contributed by atoms with Crippen molar-refractivity contribution in [1.29, 1.82) is 0 Å². The molecule has 1 atom stereocenters. The number of unbranched alkanes of at least 4 members (excludes halogenated alkanes) is 1. The first-order chi connectivity index (χ1) is 11.0. The highest BCUT2D eigenvalue weighted by Gasteiger charge is 2.35. The second-order valence-electron chi connectivity index (χ2n) is 5.99. The van der Waals surface area contributed by atoms with E-state index in [2.05, 4.69) is 6.92 Å². The number of benzene rings is 1. The molecule has 2 rings (SSSR count). The molecule has 1 heterocycles. The van der Waals surface area contributed by atoms with Crippen LogP contribution in [0.1, 0.15) is 49.9 Å². The summed E-state index contributed by atoms with van der Waals surface area (Å²) in [4.78, 5) is 40.5. The topological polar surface area (TPSA) is 57.7 Å². The zero-order valence-electron chi connectivity index (χ0n) is 14.0. The minimum Gasteiger partial charge on any atom is -0.332 e. The van der Waals surface area contributed by atoms with E-state index in [-0.39, 0.29) is 30.2 Å². The number of para-hydroxylation sites is 1. The van der Waals surface area contributed by atoms with Gasteiger partial charge in [0.2, 0.25) is 5.91 Å².